The van der Waals surface area contributed by atoms with Gasteiger partial charge in [-0.2, -0.15) is 0 Å². The smallest absolute Gasteiger partial charge is 0.416 e. The van der Waals surface area contributed by atoms with E-state index in [0.29, 0.717) is 12.1 Å². The highest BCUT2D eigenvalue weighted by Crippen LogP contribution is 2.08. The maximum Gasteiger partial charge on any atom is 0.426 e. The quantitative estimate of drug-likeness (QED) is 0.812. The molecule has 0 aliphatic rings. The Kier molecular flexibility index (Phi) is 3.23. The van der Waals surface area contributed by atoms with Crippen LogP contribution in [0.3, 0.4) is 0 Å². The van der Waals surface area contributed by atoms with Gasteiger partial charge in [0.2, 0.25) is 5.91 Å². The van der Waals surface area contributed by atoms with Gasteiger partial charge in [0.05, 0.1) is 5.69 Å². The lowest BCUT2D eigenvalue weighted by atomic mass is 10.1. The molecule has 4 heteroatoms. The zero-order valence-electron chi connectivity index (χ0n) is 9.55. The van der Waals surface area contributed by atoms with E-state index in [0.717, 1.165) is 10.1 Å². The lowest BCUT2D eigenvalue weighted by molar-refractivity contribution is 0.0898. The molecule has 0 saturated heterocycles. The summed E-state index contributed by atoms with van der Waals surface area (Å²) in [6, 6.07) is 9.64. The molecule has 0 N–H and O–H groups in total. The molecule has 17 heavy (non-hydrogen) atoms. The van der Waals surface area contributed by atoms with Crippen molar-refractivity contribution >= 4 is 5.91 Å². The summed E-state index contributed by atoms with van der Waals surface area (Å²) in [6.45, 7) is 1.72. The standard InChI is InChI=1S/C13H13NO3/c1-2-12(15)14-11(9-17-13(14)16)8-10-6-4-3-5-7-10/h3-7,9H,2,8H2,1H3. The predicted molar refractivity (Wildman–Crippen MR) is 63.1 cm³/mol. The highest BCUT2D eigenvalue weighted by Gasteiger charge is 2.14. The van der Waals surface area contributed by atoms with E-state index < -0.39 is 5.76 Å². The van der Waals surface area contributed by atoms with Gasteiger partial charge in [0, 0.05) is 12.8 Å². The predicted octanol–water partition coefficient (Wildman–Crippen LogP) is 2.08. The van der Waals surface area contributed by atoms with Crippen LogP contribution in [-0.2, 0) is 6.42 Å². The van der Waals surface area contributed by atoms with Crippen molar-refractivity contribution in [3.05, 3.63) is 58.4 Å². The Morgan fingerprint density at radius 3 is 2.65 bits per heavy atom. The number of carbonyl (C=O) groups excluding carboxylic acids is 1. The maximum atomic E-state index is 11.6. The van der Waals surface area contributed by atoms with Crippen LogP contribution >= 0.6 is 0 Å². The number of hydrogen-bond donors (Lipinski definition) is 0. The minimum Gasteiger partial charge on any atom is -0.416 e. The topological polar surface area (TPSA) is 52.2 Å². The number of nitrogens with zero attached hydrogens (tertiary/aromatic N) is 1. The van der Waals surface area contributed by atoms with Crippen LogP contribution in [0.2, 0.25) is 0 Å². The molecule has 0 aliphatic carbocycles. The van der Waals surface area contributed by atoms with Gasteiger partial charge in [-0.05, 0) is 5.56 Å². The second-order valence-corrected chi connectivity index (χ2v) is 3.74. The van der Waals surface area contributed by atoms with Crippen molar-refractivity contribution in [3.63, 3.8) is 0 Å². The number of aromatic nitrogens is 1. The summed E-state index contributed by atoms with van der Waals surface area (Å²) in [5, 5.41) is 0. The van der Waals surface area contributed by atoms with Crippen molar-refractivity contribution in [2.75, 3.05) is 0 Å². The minimum absolute atomic E-state index is 0.241. The molecule has 0 spiro atoms. The summed E-state index contributed by atoms with van der Waals surface area (Å²) in [7, 11) is 0. The third-order valence-electron chi connectivity index (χ3n) is 2.55. The van der Waals surface area contributed by atoms with Crippen LogP contribution in [0.15, 0.2) is 45.8 Å². The van der Waals surface area contributed by atoms with E-state index in [4.69, 9.17) is 4.42 Å². The summed E-state index contributed by atoms with van der Waals surface area (Å²) in [5.74, 6) is -0.850. The average molecular weight is 231 g/mol. The third-order valence-corrected chi connectivity index (χ3v) is 2.55. The summed E-state index contributed by atoms with van der Waals surface area (Å²) in [5.41, 5.74) is 1.62. The van der Waals surface area contributed by atoms with E-state index >= 15 is 0 Å². The zero-order chi connectivity index (χ0) is 12.3. The molecular formula is C13H13NO3. The average Bonchev–Trinajstić information content (AvgIpc) is 2.71. The van der Waals surface area contributed by atoms with Crippen molar-refractivity contribution in [1.82, 2.24) is 4.57 Å². The van der Waals surface area contributed by atoms with Crippen LogP contribution in [0.4, 0.5) is 0 Å². The van der Waals surface area contributed by atoms with Gasteiger partial charge >= 0.3 is 5.76 Å². The first-order chi connectivity index (χ1) is 8.22. The molecule has 0 amide bonds. The largest absolute Gasteiger partial charge is 0.426 e. The Morgan fingerprint density at radius 2 is 2.00 bits per heavy atom. The fourth-order valence-electron chi connectivity index (χ4n) is 1.69. The number of hydrogen-bond acceptors (Lipinski definition) is 3. The molecule has 2 aromatic rings. The number of oxazole rings is 1. The highest BCUT2D eigenvalue weighted by atomic mass is 16.4. The van der Waals surface area contributed by atoms with Gasteiger partial charge in [0.1, 0.15) is 6.26 Å². The SMILES string of the molecule is CCC(=O)n1c(Cc2ccccc2)coc1=O. The molecule has 2 rings (SSSR count). The van der Waals surface area contributed by atoms with E-state index in [1.807, 2.05) is 30.3 Å². The molecule has 1 aromatic carbocycles. The molecule has 0 fully saturated rings. The van der Waals surface area contributed by atoms with Gasteiger partial charge in [-0.1, -0.05) is 37.3 Å². The van der Waals surface area contributed by atoms with Crippen molar-refractivity contribution < 1.29 is 9.21 Å². The zero-order valence-corrected chi connectivity index (χ0v) is 9.55. The Hall–Kier alpha value is -2.10. The van der Waals surface area contributed by atoms with E-state index in [-0.39, 0.29) is 12.3 Å². The Bertz CT molecular complexity index is 566. The highest BCUT2D eigenvalue weighted by molar-refractivity contribution is 5.79. The Balaban J connectivity index is 2.34. The fraction of sp³-hybridized carbons (Fsp3) is 0.231. The molecular weight excluding hydrogens is 218 g/mol. The summed E-state index contributed by atoms with van der Waals surface area (Å²) < 4.78 is 5.88. The number of carbonyl (C=O) groups is 1. The molecule has 1 aromatic heterocycles. The number of benzene rings is 1. The normalized spacial score (nSPS) is 10.4. The van der Waals surface area contributed by atoms with Crippen molar-refractivity contribution in [2.24, 2.45) is 0 Å². The van der Waals surface area contributed by atoms with Crippen LogP contribution < -0.4 is 5.76 Å². The van der Waals surface area contributed by atoms with Crippen molar-refractivity contribution in [2.45, 2.75) is 19.8 Å². The molecule has 0 radical (unpaired) electrons. The van der Waals surface area contributed by atoms with Crippen molar-refractivity contribution in [1.29, 1.82) is 0 Å². The molecule has 0 atom stereocenters. The van der Waals surface area contributed by atoms with E-state index in [9.17, 15) is 9.59 Å². The van der Waals surface area contributed by atoms with E-state index in [2.05, 4.69) is 0 Å². The fourth-order valence-corrected chi connectivity index (χ4v) is 1.69. The third kappa shape index (κ3) is 2.36. The van der Waals surface area contributed by atoms with Crippen LogP contribution in [-0.4, -0.2) is 10.5 Å². The molecule has 0 unspecified atom stereocenters. The number of rotatable bonds is 3. The van der Waals surface area contributed by atoms with Crippen LogP contribution in [0.25, 0.3) is 0 Å². The van der Waals surface area contributed by atoms with Crippen LogP contribution in [0, 0.1) is 0 Å². The first kappa shape index (κ1) is 11.4. The van der Waals surface area contributed by atoms with E-state index in [1.54, 1.807) is 6.92 Å². The summed E-state index contributed by atoms with van der Waals surface area (Å²) >= 11 is 0. The molecule has 0 aliphatic heterocycles. The van der Waals surface area contributed by atoms with Gasteiger partial charge in [-0.15, -0.1) is 0 Å². The Labute approximate surface area is 98.5 Å². The van der Waals surface area contributed by atoms with Crippen LogP contribution in [0.1, 0.15) is 29.4 Å². The first-order valence-corrected chi connectivity index (χ1v) is 5.49. The molecule has 0 bridgehead atoms. The summed E-state index contributed by atoms with van der Waals surface area (Å²) in [6.07, 6.45) is 2.14. The van der Waals surface area contributed by atoms with Gasteiger partial charge < -0.3 is 4.42 Å². The Morgan fingerprint density at radius 1 is 1.29 bits per heavy atom. The second-order valence-electron chi connectivity index (χ2n) is 3.74. The van der Waals surface area contributed by atoms with Gasteiger partial charge in [-0.3, -0.25) is 4.79 Å². The monoisotopic (exact) mass is 231 g/mol. The lowest BCUT2D eigenvalue weighted by Gasteiger charge is -2.03. The van der Waals surface area contributed by atoms with Crippen molar-refractivity contribution in [3.8, 4) is 0 Å². The van der Waals surface area contributed by atoms with Gasteiger partial charge in [0.15, 0.2) is 0 Å². The molecule has 1 heterocycles. The molecule has 88 valence electrons. The van der Waals surface area contributed by atoms with Gasteiger partial charge in [-0.25, -0.2) is 9.36 Å². The molecule has 0 saturated carbocycles. The summed E-state index contributed by atoms with van der Waals surface area (Å²) in [4.78, 5) is 23.0. The minimum atomic E-state index is -0.609. The van der Waals surface area contributed by atoms with Gasteiger partial charge in [0.25, 0.3) is 0 Å². The maximum absolute atomic E-state index is 11.6. The second kappa shape index (κ2) is 4.82. The van der Waals surface area contributed by atoms with E-state index in [1.165, 1.54) is 6.26 Å². The molecule has 4 nitrogen and oxygen atoms in total. The first-order valence-electron chi connectivity index (χ1n) is 5.49. The van der Waals surface area contributed by atoms with Crippen LogP contribution in [0.5, 0.6) is 0 Å². The lowest BCUT2D eigenvalue weighted by Crippen LogP contribution is -2.24.